The van der Waals surface area contributed by atoms with Gasteiger partial charge in [-0.2, -0.15) is 5.10 Å². The van der Waals surface area contributed by atoms with Gasteiger partial charge in [0.05, 0.1) is 39.1 Å². The van der Waals surface area contributed by atoms with E-state index >= 15 is 0 Å². The standard InChI is InChI=1S/C24H26N4O5/c1-5-17-22(14-6-8-15(31-2)9-7-14)23-26-24(30)19(28(23)27-17)13-21(29)25-18-11-10-16(32-3)12-20(18)33-4/h6-12,19H,5,13H2,1-4H3,(H,25,29)(H,26,30). The second kappa shape index (κ2) is 9.23. The maximum Gasteiger partial charge on any atom is 0.251 e. The Morgan fingerprint density at radius 1 is 1.06 bits per heavy atom. The number of hydrogen-bond acceptors (Lipinski definition) is 6. The number of hydrogen-bond donors (Lipinski definition) is 2. The fraction of sp³-hybridized carbons (Fsp3) is 0.292. The summed E-state index contributed by atoms with van der Waals surface area (Å²) in [7, 11) is 4.68. The smallest absolute Gasteiger partial charge is 0.251 e. The summed E-state index contributed by atoms with van der Waals surface area (Å²) in [6, 6.07) is 11.9. The number of amides is 2. The Labute approximate surface area is 191 Å². The van der Waals surface area contributed by atoms with Crippen LogP contribution in [-0.2, 0) is 16.0 Å². The molecule has 1 aliphatic rings. The van der Waals surface area contributed by atoms with Gasteiger partial charge in [-0.1, -0.05) is 19.1 Å². The van der Waals surface area contributed by atoms with E-state index in [-0.39, 0.29) is 18.2 Å². The van der Waals surface area contributed by atoms with Crippen molar-refractivity contribution in [1.29, 1.82) is 0 Å². The number of fused-ring (bicyclic) bond motifs is 1. The Kier molecular flexibility index (Phi) is 6.21. The lowest BCUT2D eigenvalue weighted by Crippen LogP contribution is -2.24. The van der Waals surface area contributed by atoms with E-state index in [4.69, 9.17) is 14.2 Å². The van der Waals surface area contributed by atoms with E-state index in [1.165, 1.54) is 7.11 Å². The molecule has 1 aliphatic heterocycles. The molecule has 0 radical (unpaired) electrons. The van der Waals surface area contributed by atoms with Gasteiger partial charge < -0.3 is 24.8 Å². The average Bonchev–Trinajstić information content (AvgIpc) is 3.34. The number of aryl methyl sites for hydroxylation is 1. The predicted molar refractivity (Wildman–Crippen MR) is 124 cm³/mol. The molecule has 0 bridgehead atoms. The van der Waals surface area contributed by atoms with E-state index in [0.29, 0.717) is 29.4 Å². The number of aromatic nitrogens is 2. The molecule has 2 amide bonds. The number of ether oxygens (including phenoxy) is 3. The molecule has 2 heterocycles. The van der Waals surface area contributed by atoms with E-state index in [2.05, 4.69) is 15.7 Å². The van der Waals surface area contributed by atoms with Crippen LogP contribution >= 0.6 is 0 Å². The molecule has 1 unspecified atom stereocenters. The minimum absolute atomic E-state index is 0.0685. The molecule has 4 rings (SSSR count). The number of nitrogens with zero attached hydrogens (tertiary/aromatic N) is 2. The van der Waals surface area contributed by atoms with Crippen molar-refractivity contribution in [3.8, 4) is 28.4 Å². The van der Waals surface area contributed by atoms with E-state index in [1.54, 1.807) is 37.1 Å². The third-order valence-corrected chi connectivity index (χ3v) is 5.60. The summed E-state index contributed by atoms with van der Waals surface area (Å²) in [4.78, 5) is 25.6. The molecular weight excluding hydrogens is 424 g/mol. The van der Waals surface area contributed by atoms with E-state index in [1.807, 2.05) is 31.2 Å². The van der Waals surface area contributed by atoms with Gasteiger partial charge in [0.25, 0.3) is 5.91 Å². The van der Waals surface area contributed by atoms with Crippen LogP contribution in [0.15, 0.2) is 42.5 Å². The molecule has 3 aromatic rings. The predicted octanol–water partition coefficient (Wildman–Crippen LogP) is 3.66. The van der Waals surface area contributed by atoms with Crippen molar-refractivity contribution in [2.45, 2.75) is 25.8 Å². The number of nitrogens with one attached hydrogen (secondary N) is 2. The SMILES string of the molecule is CCc1nn2c(c1-c1ccc(OC)cc1)NC(=O)C2CC(=O)Nc1ccc(OC)cc1OC. The first-order valence-corrected chi connectivity index (χ1v) is 10.6. The van der Waals surface area contributed by atoms with Crippen molar-refractivity contribution in [3.63, 3.8) is 0 Å². The number of anilines is 2. The molecule has 0 fully saturated rings. The fourth-order valence-corrected chi connectivity index (χ4v) is 3.90. The van der Waals surface area contributed by atoms with Crippen molar-refractivity contribution in [3.05, 3.63) is 48.2 Å². The number of rotatable bonds is 8. The van der Waals surface area contributed by atoms with Gasteiger partial charge in [-0.25, -0.2) is 4.68 Å². The molecule has 2 aromatic carbocycles. The van der Waals surface area contributed by atoms with Crippen molar-refractivity contribution in [2.24, 2.45) is 0 Å². The molecule has 2 N–H and O–H groups in total. The summed E-state index contributed by atoms with van der Waals surface area (Å²) in [5.41, 5.74) is 3.11. The Balaban J connectivity index is 1.58. The Hall–Kier alpha value is -4.01. The highest BCUT2D eigenvalue weighted by Gasteiger charge is 2.36. The van der Waals surface area contributed by atoms with Crippen molar-refractivity contribution in [2.75, 3.05) is 32.0 Å². The molecule has 1 atom stereocenters. The molecule has 0 saturated carbocycles. The van der Waals surface area contributed by atoms with Crippen LogP contribution in [0.2, 0.25) is 0 Å². The fourth-order valence-electron chi connectivity index (χ4n) is 3.90. The van der Waals surface area contributed by atoms with Gasteiger partial charge in [-0.05, 0) is 36.2 Å². The molecule has 0 aliphatic carbocycles. The van der Waals surface area contributed by atoms with Crippen molar-refractivity contribution < 1.29 is 23.8 Å². The Morgan fingerprint density at radius 3 is 2.39 bits per heavy atom. The Morgan fingerprint density at radius 2 is 1.76 bits per heavy atom. The number of methoxy groups -OCH3 is 3. The molecule has 0 saturated heterocycles. The van der Waals surface area contributed by atoms with Crippen molar-refractivity contribution >= 4 is 23.3 Å². The molecule has 9 heteroatoms. The van der Waals surface area contributed by atoms with Crippen LogP contribution in [0.5, 0.6) is 17.2 Å². The minimum Gasteiger partial charge on any atom is -0.497 e. The lowest BCUT2D eigenvalue weighted by molar-refractivity contribution is -0.123. The molecule has 33 heavy (non-hydrogen) atoms. The van der Waals surface area contributed by atoms with Crippen LogP contribution in [-0.4, -0.2) is 42.9 Å². The third kappa shape index (κ3) is 4.21. The normalized spacial score (nSPS) is 14.4. The monoisotopic (exact) mass is 450 g/mol. The number of benzene rings is 2. The molecular formula is C24H26N4O5. The average molecular weight is 450 g/mol. The molecule has 1 aromatic heterocycles. The highest BCUT2D eigenvalue weighted by atomic mass is 16.5. The topological polar surface area (TPSA) is 104 Å². The van der Waals surface area contributed by atoms with Gasteiger partial charge in [-0.3, -0.25) is 9.59 Å². The quantitative estimate of drug-likeness (QED) is 0.543. The lowest BCUT2D eigenvalue weighted by atomic mass is 10.0. The highest BCUT2D eigenvalue weighted by molar-refractivity contribution is 6.04. The zero-order chi connectivity index (χ0) is 23.5. The summed E-state index contributed by atoms with van der Waals surface area (Å²) in [5, 5.41) is 10.4. The summed E-state index contributed by atoms with van der Waals surface area (Å²) in [5.74, 6) is 1.82. The largest absolute Gasteiger partial charge is 0.497 e. The number of carbonyl (C=O) groups excluding carboxylic acids is 2. The van der Waals surface area contributed by atoms with E-state index < -0.39 is 6.04 Å². The summed E-state index contributed by atoms with van der Waals surface area (Å²) in [6.07, 6.45) is 0.611. The first kappa shape index (κ1) is 22.2. The first-order valence-electron chi connectivity index (χ1n) is 10.6. The van der Waals surface area contributed by atoms with Gasteiger partial charge in [0.1, 0.15) is 29.1 Å². The molecule has 9 nitrogen and oxygen atoms in total. The number of carbonyl (C=O) groups is 2. The summed E-state index contributed by atoms with van der Waals surface area (Å²) >= 11 is 0. The second-order valence-corrected chi connectivity index (χ2v) is 7.52. The molecule has 0 spiro atoms. The van der Waals surface area contributed by atoms with Crippen LogP contribution in [0.1, 0.15) is 25.1 Å². The maximum atomic E-state index is 12.8. The van der Waals surface area contributed by atoms with Gasteiger partial charge in [0.15, 0.2) is 0 Å². The van der Waals surface area contributed by atoms with Crippen LogP contribution < -0.4 is 24.8 Å². The van der Waals surface area contributed by atoms with E-state index in [9.17, 15) is 9.59 Å². The first-order chi connectivity index (χ1) is 16.0. The second-order valence-electron chi connectivity index (χ2n) is 7.52. The van der Waals surface area contributed by atoms with Gasteiger partial charge in [-0.15, -0.1) is 0 Å². The summed E-state index contributed by atoms with van der Waals surface area (Å²) < 4.78 is 17.4. The van der Waals surface area contributed by atoms with E-state index in [0.717, 1.165) is 22.6 Å². The van der Waals surface area contributed by atoms with Crippen LogP contribution in [0.4, 0.5) is 11.5 Å². The van der Waals surface area contributed by atoms with Crippen molar-refractivity contribution in [1.82, 2.24) is 9.78 Å². The molecule has 172 valence electrons. The van der Waals surface area contributed by atoms with Gasteiger partial charge in [0, 0.05) is 11.6 Å². The highest BCUT2D eigenvalue weighted by Crippen LogP contribution is 2.39. The zero-order valence-corrected chi connectivity index (χ0v) is 19.0. The Bertz CT molecular complexity index is 1190. The van der Waals surface area contributed by atoms with Crippen LogP contribution in [0, 0.1) is 0 Å². The van der Waals surface area contributed by atoms with Gasteiger partial charge >= 0.3 is 0 Å². The maximum absolute atomic E-state index is 12.8. The third-order valence-electron chi connectivity index (χ3n) is 5.60. The lowest BCUT2D eigenvalue weighted by Gasteiger charge is -2.13. The van der Waals surface area contributed by atoms with Gasteiger partial charge in [0.2, 0.25) is 5.91 Å². The minimum atomic E-state index is -0.749. The zero-order valence-electron chi connectivity index (χ0n) is 19.0. The van der Waals surface area contributed by atoms with Crippen LogP contribution in [0.3, 0.4) is 0 Å². The van der Waals surface area contributed by atoms with Crippen LogP contribution in [0.25, 0.3) is 11.1 Å². The summed E-state index contributed by atoms with van der Waals surface area (Å²) in [6.45, 7) is 2.00.